The Morgan fingerprint density at radius 2 is 1.43 bits per heavy atom. The molecule has 0 radical (unpaired) electrons. The van der Waals surface area contributed by atoms with Crippen LogP contribution in [0.1, 0.15) is 36.8 Å². The van der Waals surface area contributed by atoms with Gasteiger partial charge in [-0.15, -0.1) is 0 Å². The van der Waals surface area contributed by atoms with Gasteiger partial charge in [0.2, 0.25) is 10.0 Å². The van der Waals surface area contributed by atoms with Crippen LogP contribution in [-0.4, -0.2) is 34.2 Å². The number of anilines is 1. The lowest BCUT2D eigenvalue weighted by molar-refractivity contribution is 0.423. The number of hydrogen-bond donors (Lipinski definition) is 1. The molecule has 1 heterocycles. The van der Waals surface area contributed by atoms with Gasteiger partial charge in [-0.25, -0.2) is 16.8 Å². The minimum Gasteiger partial charge on any atom is -0.280 e. The van der Waals surface area contributed by atoms with Crippen molar-refractivity contribution in [2.24, 2.45) is 0 Å². The third-order valence-corrected chi connectivity index (χ3v) is 8.39. The first-order valence-corrected chi connectivity index (χ1v) is 12.3. The van der Waals surface area contributed by atoms with E-state index in [2.05, 4.69) is 4.72 Å². The van der Waals surface area contributed by atoms with E-state index in [1.54, 1.807) is 31.2 Å². The lowest BCUT2D eigenvalue weighted by atomic mass is 10.2. The molecule has 1 aliphatic rings. The molecule has 0 saturated carbocycles. The van der Waals surface area contributed by atoms with Crippen LogP contribution in [0.5, 0.6) is 0 Å². The Morgan fingerprint density at radius 3 is 2.04 bits per heavy atom. The number of rotatable bonds is 5. The van der Waals surface area contributed by atoms with Crippen molar-refractivity contribution in [1.82, 2.24) is 4.31 Å². The Morgan fingerprint density at radius 1 is 0.821 bits per heavy atom. The summed E-state index contributed by atoms with van der Waals surface area (Å²) in [5, 5.41) is 0. The van der Waals surface area contributed by atoms with Gasteiger partial charge in [0.05, 0.1) is 15.5 Å². The average molecular weight is 423 g/mol. The summed E-state index contributed by atoms with van der Waals surface area (Å²) in [5.41, 5.74) is 1.79. The van der Waals surface area contributed by atoms with Crippen LogP contribution in [-0.2, 0) is 20.0 Å². The maximum Gasteiger partial charge on any atom is 0.261 e. The number of hydrogen-bond acceptors (Lipinski definition) is 4. The van der Waals surface area contributed by atoms with Crippen molar-refractivity contribution >= 4 is 25.7 Å². The van der Waals surface area contributed by atoms with E-state index in [0.29, 0.717) is 18.7 Å². The van der Waals surface area contributed by atoms with E-state index in [9.17, 15) is 16.8 Å². The van der Waals surface area contributed by atoms with E-state index in [1.807, 2.05) is 6.92 Å². The lowest BCUT2D eigenvalue weighted by Gasteiger charge is -2.21. The predicted molar refractivity (Wildman–Crippen MR) is 110 cm³/mol. The van der Waals surface area contributed by atoms with Gasteiger partial charge in [-0.05, 0) is 56.5 Å². The predicted octanol–water partition coefficient (Wildman–Crippen LogP) is 3.67. The number of benzene rings is 2. The summed E-state index contributed by atoms with van der Waals surface area (Å²) < 4.78 is 55.6. The molecule has 1 fully saturated rings. The molecule has 6 nitrogen and oxygen atoms in total. The molecule has 3 rings (SSSR count). The van der Waals surface area contributed by atoms with Crippen LogP contribution in [0.4, 0.5) is 5.69 Å². The molecular formula is C20H26N2O4S2. The molecule has 1 N–H and O–H groups in total. The van der Waals surface area contributed by atoms with Crippen molar-refractivity contribution in [2.45, 2.75) is 49.3 Å². The van der Waals surface area contributed by atoms with E-state index >= 15 is 0 Å². The number of nitrogens with zero attached hydrogens (tertiary/aromatic N) is 1. The quantitative estimate of drug-likeness (QED) is 0.797. The molecule has 1 saturated heterocycles. The van der Waals surface area contributed by atoms with Gasteiger partial charge in [-0.2, -0.15) is 4.31 Å². The van der Waals surface area contributed by atoms with E-state index < -0.39 is 20.0 Å². The third kappa shape index (κ3) is 4.56. The molecule has 2 aromatic carbocycles. The van der Waals surface area contributed by atoms with Crippen molar-refractivity contribution in [2.75, 3.05) is 17.8 Å². The molecule has 0 spiro atoms. The zero-order valence-electron chi connectivity index (χ0n) is 16.2. The van der Waals surface area contributed by atoms with Crippen molar-refractivity contribution in [3.8, 4) is 0 Å². The van der Waals surface area contributed by atoms with Crippen molar-refractivity contribution in [1.29, 1.82) is 0 Å². The topological polar surface area (TPSA) is 83.5 Å². The Labute approximate surface area is 167 Å². The maximum atomic E-state index is 13.1. The highest BCUT2D eigenvalue weighted by atomic mass is 32.2. The molecule has 0 bridgehead atoms. The molecule has 2 aromatic rings. The molecule has 1 aliphatic heterocycles. The molecule has 28 heavy (non-hydrogen) atoms. The highest BCUT2D eigenvalue weighted by Gasteiger charge is 2.27. The van der Waals surface area contributed by atoms with Gasteiger partial charge in [0.15, 0.2) is 0 Å². The van der Waals surface area contributed by atoms with Crippen LogP contribution >= 0.6 is 0 Å². The van der Waals surface area contributed by atoms with Gasteiger partial charge in [0.25, 0.3) is 10.0 Å². The zero-order valence-corrected chi connectivity index (χ0v) is 17.8. The Bertz CT molecular complexity index is 1040. The molecule has 0 unspecified atom stereocenters. The van der Waals surface area contributed by atoms with Gasteiger partial charge in [-0.3, -0.25) is 4.72 Å². The SMILES string of the molecule is Cc1ccc(S(=O)(=O)Nc2ccc(C)c(S(=O)(=O)N3CCCCCC3)c2)cc1. The third-order valence-electron chi connectivity index (χ3n) is 4.95. The van der Waals surface area contributed by atoms with Crippen molar-refractivity contribution < 1.29 is 16.8 Å². The summed E-state index contributed by atoms with van der Waals surface area (Å²) in [6, 6.07) is 11.1. The smallest absolute Gasteiger partial charge is 0.261 e. The summed E-state index contributed by atoms with van der Waals surface area (Å²) in [4.78, 5) is 0.286. The number of aryl methyl sites for hydroxylation is 2. The van der Waals surface area contributed by atoms with Crippen LogP contribution in [0.15, 0.2) is 52.3 Å². The molecule has 0 atom stereocenters. The van der Waals surface area contributed by atoms with Crippen molar-refractivity contribution in [3.05, 3.63) is 53.6 Å². The fourth-order valence-electron chi connectivity index (χ4n) is 3.29. The fraction of sp³-hybridized carbons (Fsp3) is 0.400. The minimum atomic E-state index is -3.79. The summed E-state index contributed by atoms with van der Waals surface area (Å²) in [6.07, 6.45) is 3.75. The molecular weight excluding hydrogens is 396 g/mol. The lowest BCUT2D eigenvalue weighted by Crippen LogP contribution is -2.32. The summed E-state index contributed by atoms with van der Waals surface area (Å²) in [5.74, 6) is 0. The van der Waals surface area contributed by atoms with Crippen LogP contribution < -0.4 is 4.72 Å². The second-order valence-electron chi connectivity index (χ2n) is 7.22. The highest BCUT2D eigenvalue weighted by molar-refractivity contribution is 7.92. The Hall–Kier alpha value is -1.90. The Balaban J connectivity index is 1.92. The maximum absolute atomic E-state index is 13.1. The monoisotopic (exact) mass is 422 g/mol. The second kappa shape index (κ2) is 8.23. The van der Waals surface area contributed by atoms with Crippen LogP contribution in [0.2, 0.25) is 0 Å². The zero-order chi connectivity index (χ0) is 20.4. The number of sulfonamides is 2. The van der Waals surface area contributed by atoms with Crippen molar-refractivity contribution in [3.63, 3.8) is 0 Å². The van der Waals surface area contributed by atoms with Crippen LogP contribution in [0.25, 0.3) is 0 Å². The van der Waals surface area contributed by atoms with Gasteiger partial charge in [0.1, 0.15) is 0 Å². The fourth-order valence-corrected chi connectivity index (χ4v) is 6.11. The van der Waals surface area contributed by atoms with Gasteiger partial charge >= 0.3 is 0 Å². The minimum absolute atomic E-state index is 0.135. The summed E-state index contributed by atoms with van der Waals surface area (Å²) in [6.45, 7) is 4.61. The van der Waals surface area contributed by atoms with Gasteiger partial charge in [-0.1, -0.05) is 36.6 Å². The molecule has 8 heteroatoms. The average Bonchev–Trinajstić information content (AvgIpc) is 2.93. The first kappa shape index (κ1) is 20.8. The van der Waals surface area contributed by atoms with Crippen LogP contribution in [0, 0.1) is 13.8 Å². The van der Waals surface area contributed by atoms with Gasteiger partial charge < -0.3 is 0 Å². The van der Waals surface area contributed by atoms with E-state index in [-0.39, 0.29) is 15.5 Å². The molecule has 0 aliphatic carbocycles. The normalized spacial score (nSPS) is 16.5. The van der Waals surface area contributed by atoms with Crippen LogP contribution in [0.3, 0.4) is 0 Å². The first-order chi connectivity index (χ1) is 13.2. The van der Waals surface area contributed by atoms with E-state index in [0.717, 1.165) is 31.2 Å². The highest BCUT2D eigenvalue weighted by Crippen LogP contribution is 2.27. The number of nitrogens with one attached hydrogen (secondary N) is 1. The summed E-state index contributed by atoms with van der Waals surface area (Å²) in [7, 11) is -7.46. The molecule has 0 amide bonds. The molecule has 0 aromatic heterocycles. The standard InChI is InChI=1S/C20H26N2O4S2/c1-16-7-11-19(12-8-16)27(23,24)21-18-10-9-17(2)20(15-18)28(25,26)22-13-5-3-4-6-14-22/h7-12,15,21H,3-6,13-14H2,1-2H3. The first-order valence-electron chi connectivity index (χ1n) is 9.40. The largest absolute Gasteiger partial charge is 0.280 e. The molecule has 152 valence electrons. The second-order valence-corrected chi connectivity index (χ2v) is 10.8. The summed E-state index contributed by atoms with van der Waals surface area (Å²) >= 11 is 0. The Kier molecular flexibility index (Phi) is 6.12. The van der Waals surface area contributed by atoms with Gasteiger partial charge in [0, 0.05) is 13.1 Å². The van der Waals surface area contributed by atoms with E-state index in [1.165, 1.54) is 22.5 Å². The van der Waals surface area contributed by atoms with E-state index in [4.69, 9.17) is 0 Å².